The number of hydrogen-bond acceptors (Lipinski definition) is 6. The van der Waals surface area contributed by atoms with Gasteiger partial charge in [0.05, 0.1) is 0 Å². The highest BCUT2D eigenvalue weighted by molar-refractivity contribution is 5.37. The molecule has 7 nitrogen and oxygen atoms in total. The second kappa shape index (κ2) is 6.51. The highest BCUT2D eigenvalue weighted by Gasteiger charge is 2.13. The van der Waals surface area contributed by atoms with E-state index < -0.39 is 0 Å². The lowest BCUT2D eigenvalue weighted by molar-refractivity contribution is 0.441. The Bertz CT molecular complexity index is 557. The van der Waals surface area contributed by atoms with Crippen LogP contribution in [0.25, 0.3) is 5.95 Å². The van der Waals surface area contributed by atoms with Gasteiger partial charge in [0.2, 0.25) is 11.9 Å². The van der Waals surface area contributed by atoms with Gasteiger partial charge in [0.25, 0.3) is 5.95 Å². The lowest BCUT2D eigenvalue weighted by Crippen LogP contribution is -2.21. The molecular formula is C14H23N7. The third kappa shape index (κ3) is 4.70. The predicted octanol–water partition coefficient (Wildman–Crippen LogP) is 2.34. The van der Waals surface area contributed by atoms with Gasteiger partial charge < -0.3 is 10.6 Å². The molecule has 0 aliphatic heterocycles. The molecule has 0 aliphatic rings. The maximum atomic E-state index is 4.41. The molecule has 21 heavy (non-hydrogen) atoms. The highest BCUT2D eigenvalue weighted by Crippen LogP contribution is 2.15. The molecule has 0 aliphatic carbocycles. The van der Waals surface area contributed by atoms with Gasteiger partial charge in [0.1, 0.15) is 0 Å². The smallest absolute Gasteiger partial charge is 0.257 e. The van der Waals surface area contributed by atoms with Crippen LogP contribution in [-0.2, 0) is 0 Å². The van der Waals surface area contributed by atoms with Gasteiger partial charge in [-0.1, -0.05) is 27.7 Å². The van der Waals surface area contributed by atoms with E-state index in [1.54, 1.807) is 10.9 Å². The monoisotopic (exact) mass is 289 g/mol. The van der Waals surface area contributed by atoms with Crippen LogP contribution in [0, 0.1) is 5.41 Å². The Labute approximate surface area is 125 Å². The fraction of sp³-hybridized carbons (Fsp3) is 0.571. The van der Waals surface area contributed by atoms with Crippen LogP contribution in [0.3, 0.4) is 0 Å². The summed E-state index contributed by atoms with van der Waals surface area (Å²) in [6.45, 7) is 10.2. The first-order chi connectivity index (χ1) is 9.98. The van der Waals surface area contributed by atoms with Crippen LogP contribution >= 0.6 is 0 Å². The van der Waals surface area contributed by atoms with Gasteiger partial charge in [-0.05, 0) is 17.9 Å². The molecule has 0 amide bonds. The first kappa shape index (κ1) is 15.2. The number of aromatic nitrogens is 5. The van der Waals surface area contributed by atoms with E-state index in [0.29, 0.717) is 17.8 Å². The number of nitrogens with one attached hydrogen (secondary N) is 2. The zero-order chi connectivity index (χ0) is 15.3. The van der Waals surface area contributed by atoms with Crippen LogP contribution in [0.15, 0.2) is 18.5 Å². The summed E-state index contributed by atoms with van der Waals surface area (Å²) >= 11 is 0. The minimum absolute atomic E-state index is 0.148. The number of hydrogen-bond donors (Lipinski definition) is 2. The molecule has 7 heteroatoms. The van der Waals surface area contributed by atoms with Crippen molar-refractivity contribution in [2.24, 2.45) is 5.41 Å². The Kier molecular flexibility index (Phi) is 4.72. The van der Waals surface area contributed by atoms with Crippen molar-refractivity contribution in [3.63, 3.8) is 0 Å². The molecule has 0 atom stereocenters. The molecule has 0 aromatic carbocycles. The van der Waals surface area contributed by atoms with Crippen molar-refractivity contribution in [1.82, 2.24) is 24.7 Å². The van der Waals surface area contributed by atoms with Gasteiger partial charge in [-0.3, -0.25) is 0 Å². The second-order valence-electron chi connectivity index (χ2n) is 6.07. The fourth-order valence-corrected chi connectivity index (χ4v) is 1.59. The van der Waals surface area contributed by atoms with E-state index in [1.165, 1.54) is 0 Å². The Morgan fingerprint density at radius 2 is 1.81 bits per heavy atom. The molecule has 0 unspecified atom stereocenters. The zero-order valence-electron chi connectivity index (χ0n) is 13.1. The molecule has 2 rings (SSSR count). The summed E-state index contributed by atoms with van der Waals surface area (Å²) < 4.78 is 1.63. The minimum atomic E-state index is 0.148. The molecule has 0 saturated heterocycles. The Morgan fingerprint density at radius 3 is 2.38 bits per heavy atom. The maximum Gasteiger partial charge on any atom is 0.257 e. The van der Waals surface area contributed by atoms with Crippen molar-refractivity contribution in [3.8, 4) is 5.95 Å². The number of rotatable bonds is 6. The number of nitrogens with zero attached hydrogens (tertiary/aromatic N) is 5. The average molecular weight is 289 g/mol. The molecule has 0 spiro atoms. The summed E-state index contributed by atoms with van der Waals surface area (Å²) in [6.07, 6.45) is 4.52. The van der Waals surface area contributed by atoms with Gasteiger partial charge in [-0.15, -0.1) is 0 Å². The molecule has 0 saturated carbocycles. The Hall–Kier alpha value is -2.18. The summed E-state index contributed by atoms with van der Waals surface area (Å²) in [5.74, 6) is 1.63. The largest absolute Gasteiger partial charge is 0.354 e. The van der Waals surface area contributed by atoms with Crippen LogP contribution in [0.1, 0.15) is 34.1 Å². The van der Waals surface area contributed by atoms with Crippen molar-refractivity contribution in [1.29, 1.82) is 0 Å². The lowest BCUT2D eigenvalue weighted by atomic mass is 9.97. The minimum Gasteiger partial charge on any atom is -0.354 e. The summed E-state index contributed by atoms with van der Waals surface area (Å²) in [5, 5.41) is 10.6. The molecule has 2 aromatic heterocycles. The third-order valence-electron chi connectivity index (χ3n) is 2.64. The Balaban J connectivity index is 2.24. The van der Waals surface area contributed by atoms with Gasteiger partial charge >= 0.3 is 0 Å². The first-order valence-electron chi connectivity index (χ1n) is 7.22. The van der Waals surface area contributed by atoms with Crippen LogP contribution in [0.2, 0.25) is 0 Å². The third-order valence-corrected chi connectivity index (χ3v) is 2.64. The van der Waals surface area contributed by atoms with Crippen molar-refractivity contribution < 1.29 is 0 Å². The SMILES string of the molecule is CCCNc1nc(NCC(C)(C)C)nc(-n2cccn2)n1. The first-order valence-corrected chi connectivity index (χ1v) is 7.22. The van der Waals surface area contributed by atoms with E-state index in [2.05, 4.69) is 58.4 Å². The standard InChI is InChI=1S/C14H23N7/c1-5-7-15-11-18-12(16-10-14(2,3)4)20-13(19-11)21-9-6-8-17-21/h6,8-9H,5,7,10H2,1-4H3,(H2,15,16,18,19,20). The van der Waals surface area contributed by atoms with Crippen LogP contribution in [0.4, 0.5) is 11.9 Å². The van der Waals surface area contributed by atoms with E-state index in [4.69, 9.17) is 0 Å². The van der Waals surface area contributed by atoms with Gasteiger partial charge in [0.15, 0.2) is 0 Å². The van der Waals surface area contributed by atoms with Crippen LogP contribution in [-0.4, -0.2) is 37.8 Å². The number of anilines is 2. The maximum absolute atomic E-state index is 4.41. The van der Waals surface area contributed by atoms with E-state index in [9.17, 15) is 0 Å². The van der Waals surface area contributed by atoms with E-state index in [1.807, 2.05) is 12.3 Å². The van der Waals surface area contributed by atoms with Gasteiger partial charge in [-0.2, -0.15) is 20.1 Å². The van der Waals surface area contributed by atoms with E-state index >= 15 is 0 Å². The summed E-state index contributed by atoms with van der Waals surface area (Å²) in [4.78, 5) is 13.2. The molecule has 0 bridgehead atoms. The van der Waals surface area contributed by atoms with Crippen LogP contribution < -0.4 is 10.6 Å². The molecule has 2 N–H and O–H groups in total. The van der Waals surface area contributed by atoms with Crippen molar-refractivity contribution in [2.75, 3.05) is 23.7 Å². The van der Waals surface area contributed by atoms with Gasteiger partial charge in [-0.25, -0.2) is 4.68 Å². The van der Waals surface area contributed by atoms with Crippen molar-refractivity contribution in [2.45, 2.75) is 34.1 Å². The molecule has 0 fully saturated rings. The molecule has 2 heterocycles. The quantitative estimate of drug-likeness (QED) is 0.849. The van der Waals surface area contributed by atoms with Crippen molar-refractivity contribution >= 4 is 11.9 Å². The normalized spacial score (nSPS) is 11.4. The molecule has 0 radical (unpaired) electrons. The molecule has 2 aromatic rings. The lowest BCUT2D eigenvalue weighted by Gasteiger charge is -2.19. The zero-order valence-corrected chi connectivity index (χ0v) is 13.1. The summed E-state index contributed by atoms with van der Waals surface area (Å²) in [7, 11) is 0. The topological polar surface area (TPSA) is 80.5 Å². The highest BCUT2D eigenvalue weighted by atomic mass is 15.4. The Morgan fingerprint density at radius 1 is 1.10 bits per heavy atom. The summed E-state index contributed by atoms with van der Waals surface area (Å²) in [5.41, 5.74) is 0.148. The second-order valence-corrected chi connectivity index (χ2v) is 6.07. The fourth-order valence-electron chi connectivity index (χ4n) is 1.59. The van der Waals surface area contributed by atoms with E-state index in [-0.39, 0.29) is 5.41 Å². The van der Waals surface area contributed by atoms with Crippen molar-refractivity contribution in [3.05, 3.63) is 18.5 Å². The molecule has 114 valence electrons. The average Bonchev–Trinajstić information content (AvgIpc) is 2.96. The predicted molar refractivity (Wildman–Crippen MR) is 83.7 cm³/mol. The van der Waals surface area contributed by atoms with Gasteiger partial charge in [0, 0.05) is 25.5 Å². The van der Waals surface area contributed by atoms with E-state index in [0.717, 1.165) is 19.5 Å². The molecular weight excluding hydrogens is 266 g/mol. The summed E-state index contributed by atoms with van der Waals surface area (Å²) in [6, 6.07) is 1.84. The van der Waals surface area contributed by atoms with Crippen LogP contribution in [0.5, 0.6) is 0 Å².